The molecule has 10 aromatic rings. The number of carbonyl (C=O) groups is 4. The zero-order chi connectivity index (χ0) is 53.0. The monoisotopic (exact) mass is 1010 g/mol. The van der Waals surface area contributed by atoms with Crippen molar-refractivity contribution in [1.29, 1.82) is 0 Å². The number of aromatic nitrogens is 2. The fraction of sp³-hybridized carbons (Fsp3) is 0.258. The number of hydrogen-bond donors (Lipinski definition) is 0. The minimum absolute atomic E-state index is 0.0464. The Balaban J connectivity index is 0.938. The zero-order valence-electron chi connectivity index (χ0n) is 42.0. The first-order valence-electron chi connectivity index (χ1n) is 25.2. The van der Waals surface area contributed by atoms with E-state index in [4.69, 9.17) is 18.9 Å². The molecule has 4 aromatic heterocycles. The molecule has 4 unspecified atom stereocenters. The lowest BCUT2D eigenvalue weighted by Crippen LogP contribution is -2.50. The van der Waals surface area contributed by atoms with E-state index in [-0.39, 0.29) is 89.6 Å². The largest absolute Gasteiger partial charge is 0.446 e. The molecule has 374 valence electrons. The van der Waals surface area contributed by atoms with Gasteiger partial charge in [-0.1, -0.05) is 75.9 Å². The maximum atomic E-state index is 14.9. The summed E-state index contributed by atoms with van der Waals surface area (Å²) in [6, 6.07) is 29.9. The number of ether oxygens (including phenoxy) is 4. The van der Waals surface area contributed by atoms with Gasteiger partial charge in [0.2, 0.25) is 11.2 Å². The summed E-state index contributed by atoms with van der Waals surface area (Å²) in [7, 11) is 0. The van der Waals surface area contributed by atoms with Crippen molar-refractivity contribution >= 4 is 100 Å². The maximum Gasteiger partial charge on any atom is 0.356 e. The third-order valence-corrected chi connectivity index (χ3v) is 18.9. The van der Waals surface area contributed by atoms with Gasteiger partial charge in [-0.05, 0) is 112 Å². The first kappa shape index (κ1) is 45.6. The summed E-state index contributed by atoms with van der Waals surface area (Å²) in [6.07, 6.45) is 1.42. The van der Waals surface area contributed by atoms with Crippen LogP contribution in [0.25, 0.3) is 76.2 Å². The van der Waals surface area contributed by atoms with Crippen molar-refractivity contribution in [3.63, 3.8) is 0 Å². The Kier molecular flexibility index (Phi) is 8.68. The number of rotatable bonds is 4. The van der Waals surface area contributed by atoms with E-state index in [1.165, 1.54) is 0 Å². The van der Waals surface area contributed by atoms with Crippen molar-refractivity contribution in [3.8, 4) is 23.3 Å². The molecule has 2 saturated heterocycles. The molecule has 4 aliphatic rings. The van der Waals surface area contributed by atoms with Gasteiger partial charge in [0.25, 0.3) is 0 Å². The standard InChI is InChI=1S/C62H44N2O12/c1-57(2)59(5)23-25-61(57,75-53(59)69)55(71)73-43-19-11-15-35-47(43)63-41-17-9-7-13-33(41)49(65)37-27-31(29-39(45(37)63)51(35)67)21-22-32-28-38-46-40(30-32)52(68)36-16-12-20-44(48(36)64(46)42-18-10-8-14-34(42)50(38)66)74-56(72)62-26-24-60(6,54(70)76-62)58(62,3)4/h7-20,27-30H,23-26H2,1-6H3. The fourth-order valence-electron chi connectivity index (χ4n) is 13.5. The van der Waals surface area contributed by atoms with Gasteiger partial charge in [-0.15, -0.1) is 0 Å². The van der Waals surface area contributed by atoms with Crippen LogP contribution in [0.4, 0.5) is 0 Å². The van der Waals surface area contributed by atoms with Gasteiger partial charge in [0, 0.05) is 54.3 Å². The Morgan fingerprint density at radius 3 is 1.12 bits per heavy atom. The SMILES string of the molecule is CC12CCC(C(=O)Oc3cccc4c(=O)c5cc(C#Cc6cc7c(=O)c8ccccc8n8c9c(OC(=O)C%10%11CCC(C)(C(=O)O%10)C%11(C)C)cccc9c(=O)c(c6)c78)cc6c(=O)c7ccccc7n(c34)c65)(OC1=O)C2(C)C. The van der Waals surface area contributed by atoms with Crippen molar-refractivity contribution in [1.82, 2.24) is 8.80 Å². The highest BCUT2D eigenvalue weighted by Crippen LogP contribution is 2.67. The Hall–Kier alpha value is -8.96. The summed E-state index contributed by atoms with van der Waals surface area (Å²) < 4.78 is 27.7. The Labute approximate surface area is 430 Å². The van der Waals surface area contributed by atoms with Crippen LogP contribution >= 0.6 is 0 Å². The number of benzene rings is 6. The van der Waals surface area contributed by atoms with Crippen LogP contribution in [0, 0.1) is 33.5 Å². The van der Waals surface area contributed by atoms with E-state index in [2.05, 4.69) is 11.8 Å². The van der Waals surface area contributed by atoms with Crippen LogP contribution in [-0.4, -0.2) is 43.9 Å². The van der Waals surface area contributed by atoms with Gasteiger partial charge in [0.15, 0.2) is 33.2 Å². The molecule has 6 heterocycles. The summed E-state index contributed by atoms with van der Waals surface area (Å²) in [5.41, 5.74) is -5.77. The molecule has 0 radical (unpaired) electrons. The van der Waals surface area contributed by atoms with Gasteiger partial charge >= 0.3 is 23.9 Å². The molecule has 14 heteroatoms. The Morgan fingerprint density at radius 1 is 0.434 bits per heavy atom. The highest BCUT2D eigenvalue weighted by Gasteiger charge is 2.77. The molecule has 6 aromatic carbocycles. The molecule has 76 heavy (non-hydrogen) atoms. The van der Waals surface area contributed by atoms with Crippen LogP contribution < -0.4 is 31.2 Å². The second-order valence-electron chi connectivity index (χ2n) is 22.5. The van der Waals surface area contributed by atoms with Crippen molar-refractivity contribution in [2.45, 2.75) is 78.4 Å². The first-order valence-corrected chi connectivity index (χ1v) is 25.2. The molecule has 2 aliphatic carbocycles. The second-order valence-corrected chi connectivity index (χ2v) is 22.5. The maximum absolute atomic E-state index is 14.9. The molecule has 4 atom stereocenters. The lowest BCUT2D eigenvalue weighted by molar-refractivity contribution is -0.176. The van der Waals surface area contributed by atoms with Crippen LogP contribution in [0.2, 0.25) is 0 Å². The fourth-order valence-corrected chi connectivity index (χ4v) is 13.5. The van der Waals surface area contributed by atoms with Gasteiger partial charge in [-0.2, -0.15) is 0 Å². The summed E-state index contributed by atoms with van der Waals surface area (Å²) >= 11 is 0. The van der Waals surface area contributed by atoms with Gasteiger partial charge in [-0.25, -0.2) is 9.59 Å². The number of esters is 4. The smallest absolute Gasteiger partial charge is 0.356 e. The molecule has 0 amide bonds. The van der Waals surface area contributed by atoms with E-state index < -0.39 is 67.6 Å². The van der Waals surface area contributed by atoms with Crippen molar-refractivity contribution in [2.24, 2.45) is 21.7 Å². The van der Waals surface area contributed by atoms with E-state index in [0.717, 1.165) is 0 Å². The average Bonchev–Trinajstić information content (AvgIpc) is 4.00. The molecular formula is C62H44N2O12. The van der Waals surface area contributed by atoms with Crippen molar-refractivity contribution < 1.29 is 38.1 Å². The molecular weight excluding hydrogens is 965 g/mol. The number of pyridine rings is 4. The predicted molar refractivity (Wildman–Crippen MR) is 284 cm³/mol. The van der Waals surface area contributed by atoms with Gasteiger partial charge in [0.1, 0.15) is 11.0 Å². The highest BCUT2D eigenvalue weighted by molar-refractivity contribution is 6.12. The molecule has 14 rings (SSSR count). The van der Waals surface area contributed by atoms with E-state index in [1.54, 1.807) is 132 Å². The highest BCUT2D eigenvalue weighted by atomic mass is 16.6. The topological polar surface area (TPSA) is 182 Å². The minimum atomic E-state index is -1.55. The van der Waals surface area contributed by atoms with E-state index in [9.17, 15) is 38.4 Å². The molecule has 0 N–H and O–H groups in total. The summed E-state index contributed by atoms with van der Waals surface area (Å²) in [4.78, 5) is 114. The lowest BCUT2D eigenvalue weighted by Gasteiger charge is -2.34. The van der Waals surface area contributed by atoms with E-state index in [0.29, 0.717) is 45.8 Å². The average molecular weight is 1010 g/mol. The summed E-state index contributed by atoms with van der Waals surface area (Å²) in [5.74, 6) is 3.93. The zero-order valence-corrected chi connectivity index (χ0v) is 42.0. The molecule has 4 fully saturated rings. The molecule has 0 spiro atoms. The summed E-state index contributed by atoms with van der Waals surface area (Å²) in [6.45, 7) is 10.9. The Morgan fingerprint density at radius 2 is 0.776 bits per heavy atom. The first-order chi connectivity index (χ1) is 36.2. The molecule has 4 bridgehead atoms. The second kappa shape index (κ2) is 14.5. The molecule has 2 aliphatic heterocycles. The quantitative estimate of drug-likeness (QED) is 0.0538. The van der Waals surface area contributed by atoms with Crippen molar-refractivity contribution in [2.75, 3.05) is 0 Å². The van der Waals surface area contributed by atoms with Gasteiger partial charge in [-0.3, -0.25) is 28.8 Å². The van der Waals surface area contributed by atoms with Crippen LogP contribution in [0.5, 0.6) is 11.5 Å². The predicted octanol–water partition coefficient (Wildman–Crippen LogP) is 8.88. The number of para-hydroxylation sites is 4. The van der Waals surface area contributed by atoms with Crippen LogP contribution in [0.15, 0.2) is 128 Å². The van der Waals surface area contributed by atoms with Gasteiger partial charge < -0.3 is 27.7 Å². The van der Waals surface area contributed by atoms with E-state index >= 15 is 0 Å². The number of nitrogens with zero attached hydrogens (tertiary/aromatic N) is 2. The minimum Gasteiger partial charge on any atom is -0.446 e. The normalized spacial score (nSPS) is 24.1. The van der Waals surface area contributed by atoms with Crippen LogP contribution in [-0.2, 0) is 28.7 Å². The van der Waals surface area contributed by atoms with E-state index in [1.807, 2.05) is 27.7 Å². The third kappa shape index (κ3) is 5.22. The summed E-state index contributed by atoms with van der Waals surface area (Å²) in [5, 5.41) is 1.69. The number of hydrogen-bond acceptors (Lipinski definition) is 12. The molecule has 14 nitrogen and oxygen atoms in total. The third-order valence-electron chi connectivity index (χ3n) is 18.9. The van der Waals surface area contributed by atoms with Gasteiger partial charge in [0.05, 0.1) is 43.7 Å². The van der Waals surface area contributed by atoms with Crippen LogP contribution in [0.1, 0.15) is 78.4 Å². The molecule has 2 saturated carbocycles. The number of carbonyl (C=O) groups excluding carboxylic acids is 4. The Bertz CT molecular complexity index is 4450. The van der Waals surface area contributed by atoms with Crippen molar-refractivity contribution in [3.05, 3.63) is 161 Å². The van der Waals surface area contributed by atoms with Crippen LogP contribution in [0.3, 0.4) is 0 Å². The lowest BCUT2D eigenvalue weighted by atomic mass is 9.66. The number of fused-ring (bicyclic) bond motifs is 12.